The van der Waals surface area contributed by atoms with Gasteiger partial charge in [0.25, 0.3) is 5.56 Å². The molecule has 4 nitrogen and oxygen atoms in total. The zero-order valence-corrected chi connectivity index (χ0v) is 7.23. The third kappa shape index (κ3) is 1.49. The molecule has 1 saturated carbocycles. The molecule has 5 heteroatoms. The Morgan fingerprint density at radius 3 is 2.75 bits per heavy atom. The van der Waals surface area contributed by atoms with Gasteiger partial charge in [0.2, 0.25) is 0 Å². The van der Waals surface area contributed by atoms with E-state index in [2.05, 4.69) is 9.97 Å². The van der Waals surface area contributed by atoms with Crippen molar-refractivity contribution in [2.75, 3.05) is 0 Å². The molecular weight excluding hydrogens is 178 g/mol. The molecular formula is C7H10ClN3O. The summed E-state index contributed by atoms with van der Waals surface area (Å²) in [5, 5.41) is 0. The van der Waals surface area contributed by atoms with Gasteiger partial charge < -0.3 is 10.7 Å². The van der Waals surface area contributed by atoms with Gasteiger partial charge in [0, 0.05) is 12.3 Å². The molecule has 0 amide bonds. The van der Waals surface area contributed by atoms with Crippen molar-refractivity contribution in [3.8, 4) is 0 Å². The average molecular weight is 188 g/mol. The summed E-state index contributed by atoms with van der Waals surface area (Å²) in [6.07, 6.45) is 3.32. The molecule has 0 unspecified atom stereocenters. The maximum absolute atomic E-state index is 10.8. The van der Waals surface area contributed by atoms with E-state index in [4.69, 9.17) is 5.73 Å². The molecule has 1 aliphatic rings. The summed E-state index contributed by atoms with van der Waals surface area (Å²) < 4.78 is 0. The maximum Gasteiger partial charge on any atom is 0.250 e. The van der Waals surface area contributed by atoms with E-state index in [0.29, 0.717) is 5.82 Å². The summed E-state index contributed by atoms with van der Waals surface area (Å²) in [4.78, 5) is 17.4. The molecule has 0 aliphatic heterocycles. The number of H-pyrrole nitrogens is 1. The van der Waals surface area contributed by atoms with Crippen LogP contribution < -0.4 is 11.3 Å². The fourth-order valence-electron chi connectivity index (χ4n) is 0.995. The lowest BCUT2D eigenvalue weighted by atomic mass is 10.3. The number of aromatic amines is 1. The van der Waals surface area contributed by atoms with E-state index in [9.17, 15) is 4.79 Å². The highest BCUT2D eigenvalue weighted by Gasteiger charge is 2.42. The summed E-state index contributed by atoms with van der Waals surface area (Å²) in [5.41, 5.74) is 5.34. The average Bonchev–Trinajstić information content (AvgIpc) is 2.70. The molecule has 2 rings (SSSR count). The van der Waals surface area contributed by atoms with Gasteiger partial charge in [0.05, 0.1) is 5.54 Å². The second-order valence-corrected chi connectivity index (χ2v) is 2.94. The summed E-state index contributed by atoms with van der Waals surface area (Å²) in [5.74, 6) is 0.616. The number of rotatable bonds is 1. The van der Waals surface area contributed by atoms with Gasteiger partial charge in [-0.25, -0.2) is 4.98 Å². The van der Waals surface area contributed by atoms with E-state index in [-0.39, 0.29) is 23.5 Å². The SMILES string of the molecule is Cl.NC1(c2nccc(=O)[nH]2)CC1. The van der Waals surface area contributed by atoms with Crippen LogP contribution in [0.3, 0.4) is 0 Å². The Morgan fingerprint density at radius 1 is 1.58 bits per heavy atom. The van der Waals surface area contributed by atoms with Gasteiger partial charge in [-0.3, -0.25) is 4.79 Å². The second kappa shape index (κ2) is 2.88. The highest BCUT2D eigenvalue weighted by Crippen LogP contribution is 2.39. The third-order valence-corrected chi connectivity index (χ3v) is 1.93. The number of halogens is 1. The van der Waals surface area contributed by atoms with Crippen molar-refractivity contribution in [2.45, 2.75) is 18.4 Å². The van der Waals surface area contributed by atoms with Crippen molar-refractivity contribution in [1.29, 1.82) is 0 Å². The van der Waals surface area contributed by atoms with Crippen molar-refractivity contribution in [2.24, 2.45) is 5.73 Å². The predicted octanol–water partition coefficient (Wildman–Crippen LogP) is 0.140. The number of nitrogens with two attached hydrogens (primary N) is 1. The van der Waals surface area contributed by atoms with E-state index in [1.54, 1.807) is 0 Å². The zero-order chi connectivity index (χ0) is 7.90. The second-order valence-electron chi connectivity index (χ2n) is 2.94. The van der Waals surface area contributed by atoms with Crippen LogP contribution in [-0.4, -0.2) is 9.97 Å². The minimum absolute atomic E-state index is 0. The van der Waals surface area contributed by atoms with Crippen molar-refractivity contribution in [1.82, 2.24) is 9.97 Å². The van der Waals surface area contributed by atoms with Crippen LogP contribution in [0.15, 0.2) is 17.1 Å². The minimum Gasteiger partial charge on any atom is -0.319 e. The Morgan fingerprint density at radius 2 is 2.25 bits per heavy atom. The quantitative estimate of drug-likeness (QED) is 0.657. The summed E-state index contributed by atoms with van der Waals surface area (Å²) in [6, 6.07) is 1.38. The largest absolute Gasteiger partial charge is 0.319 e. The number of aromatic nitrogens is 2. The number of hydrogen-bond acceptors (Lipinski definition) is 3. The fourth-order valence-corrected chi connectivity index (χ4v) is 0.995. The summed E-state index contributed by atoms with van der Waals surface area (Å²) >= 11 is 0. The Labute approximate surface area is 75.6 Å². The van der Waals surface area contributed by atoms with Gasteiger partial charge in [-0.15, -0.1) is 12.4 Å². The molecule has 0 saturated heterocycles. The Balaban J connectivity index is 0.000000720. The van der Waals surface area contributed by atoms with Crippen LogP contribution in [0.5, 0.6) is 0 Å². The molecule has 0 radical (unpaired) electrons. The van der Waals surface area contributed by atoms with E-state index < -0.39 is 0 Å². The Hall–Kier alpha value is -0.870. The molecule has 0 spiro atoms. The normalized spacial score (nSPS) is 18.1. The maximum atomic E-state index is 10.8. The summed E-state index contributed by atoms with van der Waals surface area (Å²) in [7, 11) is 0. The van der Waals surface area contributed by atoms with Gasteiger partial charge in [-0.1, -0.05) is 0 Å². The molecule has 0 atom stereocenters. The molecule has 1 heterocycles. The minimum atomic E-state index is -0.333. The van der Waals surface area contributed by atoms with Gasteiger partial charge in [-0.2, -0.15) is 0 Å². The van der Waals surface area contributed by atoms with Gasteiger partial charge in [0.1, 0.15) is 5.82 Å². The van der Waals surface area contributed by atoms with E-state index in [0.717, 1.165) is 12.8 Å². The fraction of sp³-hybridized carbons (Fsp3) is 0.429. The van der Waals surface area contributed by atoms with Crippen molar-refractivity contribution in [3.05, 3.63) is 28.4 Å². The molecule has 0 bridgehead atoms. The van der Waals surface area contributed by atoms with E-state index in [1.165, 1.54) is 12.3 Å². The lowest BCUT2D eigenvalue weighted by molar-refractivity contribution is 0.667. The molecule has 66 valence electrons. The van der Waals surface area contributed by atoms with Crippen LogP contribution in [-0.2, 0) is 5.54 Å². The van der Waals surface area contributed by atoms with Crippen LogP contribution in [0.25, 0.3) is 0 Å². The topological polar surface area (TPSA) is 71.8 Å². The first-order valence-electron chi connectivity index (χ1n) is 3.55. The van der Waals surface area contributed by atoms with Crippen LogP contribution in [0.1, 0.15) is 18.7 Å². The smallest absolute Gasteiger partial charge is 0.250 e. The van der Waals surface area contributed by atoms with Crippen molar-refractivity contribution >= 4 is 12.4 Å². The predicted molar refractivity (Wildman–Crippen MR) is 47.2 cm³/mol. The first kappa shape index (κ1) is 9.22. The molecule has 1 aliphatic carbocycles. The third-order valence-electron chi connectivity index (χ3n) is 1.93. The van der Waals surface area contributed by atoms with Crippen LogP contribution in [0, 0.1) is 0 Å². The standard InChI is InChI=1S/C7H9N3O.ClH/c8-7(2-3-7)6-9-4-1-5(11)10-6;/h1,4H,2-3,8H2,(H,9,10,11);1H. The lowest BCUT2D eigenvalue weighted by Gasteiger charge is -2.04. The monoisotopic (exact) mass is 187 g/mol. The molecule has 1 aromatic heterocycles. The molecule has 1 fully saturated rings. The van der Waals surface area contributed by atoms with E-state index in [1.807, 2.05) is 0 Å². The Kier molecular flexibility index (Phi) is 2.21. The van der Waals surface area contributed by atoms with Gasteiger partial charge in [-0.05, 0) is 12.8 Å². The van der Waals surface area contributed by atoms with Crippen LogP contribution in [0.2, 0.25) is 0 Å². The first-order valence-corrected chi connectivity index (χ1v) is 3.55. The van der Waals surface area contributed by atoms with Gasteiger partial charge >= 0.3 is 0 Å². The van der Waals surface area contributed by atoms with Crippen molar-refractivity contribution < 1.29 is 0 Å². The number of nitrogens with zero attached hydrogens (tertiary/aromatic N) is 1. The first-order chi connectivity index (χ1) is 5.21. The van der Waals surface area contributed by atoms with Crippen LogP contribution >= 0.6 is 12.4 Å². The number of hydrogen-bond donors (Lipinski definition) is 2. The van der Waals surface area contributed by atoms with Crippen LogP contribution in [0.4, 0.5) is 0 Å². The molecule has 3 N–H and O–H groups in total. The van der Waals surface area contributed by atoms with Crippen molar-refractivity contribution in [3.63, 3.8) is 0 Å². The Bertz CT molecular complexity index is 331. The molecule has 12 heavy (non-hydrogen) atoms. The summed E-state index contributed by atoms with van der Waals surface area (Å²) in [6.45, 7) is 0. The molecule has 0 aromatic carbocycles. The number of nitrogens with one attached hydrogen (secondary N) is 1. The zero-order valence-electron chi connectivity index (χ0n) is 6.41. The molecule has 1 aromatic rings. The highest BCUT2D eigenvalue weighted by atomic mass is 35.5. The highest BCUT2D eigenvalue weighted by molar-refractivity contribution is 5.85. The lowest BCUT2D eigenvalue weighted by Crippen LogP contribution is -2.25. The van der Waals surface area contributed by atoms with Gasteiger partial charge in [0.15, 0.2) is 0 Å². The van der Waals surface area contributed by atoms with E-state index >= 15 is 0 Å².